The molecule has 2 aromatic rings. The van der Waals surface area contributed by atoms with Crippen molar-refractivity contribution in [1.82, 2.24) is 9.88 Å². The molecule has 2 heterocycles. The molecule has 0 saturated carbocycles. The van der Waals surface area contributed by atoms with Gasteiger partial charge in [0.2, 0.25) is 5.91 Å². The molecule has 1 aromatic carbocycles. The van der Waals surface area contributed by atoms with Crippen molar-refractivity contribution in [2.75, 3.05) is 13.1 Å². The summed E-state index contributed by atoms with van der Waals surface area (Å²) < 4.78 is 0. The first-order valence-corrected chi connectivity index (χ1v) is 7.29. The Labute approximate surface area is 118 Å². The molecular formula is C16H21N3O. The minimum atomic E-state index is 0.146. The Balaban J connectivity index is 2.06. The van der Waals surface area contributed by atoms with E-state index in [4.69, 9.17) is 5.73 Å². The average molecular weight is 271 g/mol. The van der Waals surface area contributed by atoms with Crippen molar-refractivity contribution in [2.45, 2.75) is 32.2 Å². The lowest BCUT2D eigenvalue weighted by atomic mass is 9.94. The minimum Gasteiger partial charge on any atom is -0.356 e. The van der Waals surface area contributed by atoms with Gasteiger partial charge >= 0.3 is 0 Å². The van der Waals surface area contributed by atoms with Crippen molar-refractivity contribution in [3.8, 4) is 0 Å². The van der Waals surface area contributed by atoms with Gasteiger partial charge in [0.15, 0.2) is 0 Å². The Kier molecular flexibility index (Phi) is 3.49. The lowest BCUT2D eigenvalue weighted by Gasteiger charge is -2.35. The lowest BCUT2D eigenvalue weighted by Crippen LogP contribution is -2.38. The molecule has 4 nitrogen and oxygen atoms in total. The average Bonchev–Trinajstić information content (AvgIpc) is 2.83. The van der Waals surface area contributed by atoms with Gasteiger partial charge in [-0.15, -0.1) is 0 Å². The zero-order chi connectivity index (χ0) is 14.1. The van der Waals surface area contributed by atoms with E-state index in [0.717, 1.165) is 25.8 Å². The highest BCUT2D eigenvalue weighted by atomic mass is 16.2. The van der Waals surface area contributed by atoms with Crippen LogP contribution < -0.4 is 5.73 Å². The van der Waals surface area contributed by atoms with Crippen LogP contribution >= 0.6 is 0 Å². The van der Waals surface area contributed by atoms with Crippen LogP contribution in [-0.4, -0.2) is 28.9 Å². The van der Waals surface area contributed by atoms with E-state index < -0.39 is 0 Å². The summed E-state index contributed by atoms with van der Waals surface area (Å²) >= 11 is 0. The van der Waals surface area contributed by atoms with Crippen LogP contribution in [0.4, 0.5) is 0 Å². The largest absolute Gasteiger partial charge is 0.356 e. The van der Waals surface area contributed by atoms with Gasteiger partial charge in [0.1, 0.15) is 0 Å². The van der Waals surface area contributed by atoms with Gasteiger partial charge in [-0.3, -0.25) is 4.79 Å². The highest BCUT2D eigenvalue weighted by molar-refractivity contribution is 5.86. The number of amides is 1. The fraction of sp³-hybridized carbons (Fsp3) is 0.438. The van der Waals surface area contributed by atoms with E-state index in [1.165, 1.54) is 22.2 Å². The number of rotatable bonds is 3. The van der Waals surface area contributed by atoms with Gasteiger partial charge in [-0.05, 0) is 37.4 Å². The molecule has 0 fully saturated rings. The number of nitrogens with one attached hydrogen (secondary N) is 1. The van der Waals surface area contributed by atoms with Crippen LogP contribution in [0.25, 0.3) is 10.9 Å². The first kappa shape index (κ1) is 13.2. The van der Waals surface area contributed by atoms with Gasteiger partial charge < -0.3 is 15.6 Å². The fourth-order valence-corrected chi connectivity index (χ4v) is 3.31. The maximum absolute atomic E-state index is 11.9. The quantitative estimate of drug-likeness (QED) is 0.900. The van der Waals surface area contributed by atoms with Gasteiger partial charge in [0, 0.05) is 30.1 Å². The van der Waals surface area contributed by atoms with Crippen LogP contribution in [-0.2, 0) is 11.2 Å². The predicted molar refractivity (Wildman–Crippen MR) is 80.4 cm³/mol. The number of aromatic amines is 1. The van der Waals surface area contributed by atoms with Crippen LogP contribution in [0.5, 0.6) is 0 Å². The second-order valence-corrected chi connectivity index (χ2v) is 5.47. The van der Waals surface area contributed by atoms with E-state index in [1.54, 1.807) is 6.92 Å². The summed E-state index contributed by atoms with van der Waals surface area (Å²) in [5, 5.41) is 1.29. The number of nitrogens with zero attached hydrogens (tertiary/aromatic N) is 1. The molecule has 3 rings (SSSR count). The molecular weight excluding hydrogens is 250 g/mol. The van der Waals surface area contributed by atoms with Crippen molar-refractivity contribution in [2.24, 2.45) is 5.73 Å². The Hall–Kier alpha value is -1.81. The molecule has 1 atom stereocenters. The van der Waals surface area contributed by atoms with Crippen molar-refractivity contribution in [3.63, 3.8) is 0 Å². The number of hydrogen-bond acceptors (Lipinski definition) is 2. The number of aromatic nitrogens is 1. The van der Waals surface area contributed by atoms with E-state index in [9.17, 15) is 4.79 Å². The molecule has 0 bridgehead atoms. The minimum absolute atomic E-state index is 0.146. The number of nitrogens with two attached hydrogens (primary N) is 1. The molecule has 1 aliphatic heterocycles. The van der Waals surface area contributed by atoms with Crippen LogP contribution in [0.3, 0.4) is 0 Å². The number of benzene rings is 1. The number of hydrogen-bond donors (Lipinski definition) is 2. The number of carbonyl (C=O) groups excluding carboxylic acids is 1. The highest BCUT2D eigenvalue weighted by Gasteiger charge is 2.31. The first-order valence-electron chi connectivity index (χ1n) is 7.29. The van der Waals surface area contributed by atoms with Gasteiger partial charge in [-0.2, -0.15) is 0 Å². The molecule has 1 amide bonds. The molecule has 1 unspecified atom stereocenters. The molecule has 106 valence electrons. The maximum Gasteiger partial charge on any atom is 0.220 e. The summed E-state index contributed by atoms with van der Waals surface area (Å²) in [7, 11) is 0. The molecule has 1 aromatic heterocycles. The third-order valence-corrected chi connectivity index (χ3v) is 4.24. The van der Waals surface area contributed by atoms with E-state index in [0.29, 0.717) is 6.54 Å². The van der Waals surface area contributed by atoms with Crippen LogP contribution in [0.2, 0.25) is 0 Å². The standard InChI is InChI=1S/C16H21N3O/c1-11(20)19-10-8-13-12-5-2-3-6-14(12)18-16(13)15(19)7-4-9-17/h2-3,5-6,15,18H,4,7-10,17H2,1H3. The molecule has 3 N–H and O–H groups in total. The van der Waals surface area contributed by atoms with Crippen LogP contribution in [0.15, 0.2) is 24.3 Å². The SMILES string of the molecule is CC(=O)N1CCc2c([nH]c3ccccc23)C1CCCN. The summed E-state index contributed by atoms with van der Waals surface area (Å²) in [6.45, 7) is 3.13. The number of para-hydroxylation sites is 1. The molecule has 4 heteroatoms. The number of carbonyl (C=O) groups is 1. The smallest absolute Gasteiger partial charge is 0.220 e. The second-order valence-electron chi connectivity index (χ2n) is 5.47. The maximum atomic E-state index is 11.9. The number of H-pyrrole nitrogens is 1. The zero-order valence-electron chi connectivity index (χ0n) is 11.9. The van der Waals surface area contributed by atoms with Gasteiger partial charge in [0.05, 0.1) is 6.04 Å². The van der Waals surface area contributed by atoms with E-state index >= 15 is 0 Å². The molecule has 1 aliphatic rings. The summed E-state index contributed by atoms with van der Waals surface area (Å²) in [4.78, 5) is 17.4. The zero-order valence-corrected chi connectivity index (χ0v) is 11.9. The fourth-order valence-electron chi connectivity index (χ4n) is 3.31. The molecule has 0 spiro atoms. The van der Waals surface area contributed by atoms with E-state index in [2.05, 4.69) is 23.2 Å². The topological polar surface area (TPSA) is 62.1 Å². The van der Waals surface area contributed by atoms with Gasteiger partial charge in [0.25, 0.3) is 0 Å². The monoisotopic (exact) mass is 271 g/mol. The third kappa shape index (κ3) is 2.10. The summed E-state index contributed by atoms with van der Waals surface area (Å²) in [5.41, 5.74) is 9.40. The first-order chi connectivity index (χ1) is 9.72. The summed E-state index contributed by atoms with van der Waals surface area (Å²) in [6.07, 6.45) is 2.79. The predicted octanol–water partition coefficient (Wildman–Crippen LogP) is 2.35. The normalized spacial score (nSPS) is 18.3. The third-order valence-electron chi connectivity index (χ3n) is 4.24. The van der Waals surface area contributed by atoms with Crippen molar-refractivity contribution >= 4 is 16.8 Å². The Morgan fingerprint density at radius 2 is 2.25 bits per heavy atom. The lowest BCUT2D eigenvalue weighted by molar-refractivity contribution is -0.132. The molecule has 20 heavy (non-hydrogen) atoms. The molecule has 0 aliphatic carbocycles. The van der Waals surface area contributed by atoms with E-state index in [1.807, 2.05) is 11.0 Å². The second kappa shape index (κ2) is 5.29. The van der Waals surface area contributed by atoms with Gasteiger partial charge in [-0.1, -0.05) is 18.2 Å². The van der Waals surface area contributed by atoms with Crippen LogP contribution in [0, 0.1) is 0 Å². The van der Waals surface area contributed by atoms with Crippen molar-refractivity contribution in [1.29, 1.82) is 0 Å². The summed E-state index contributed by atoms with van der Waals surface area (Å²) in [6, 6.07) is 8.52. The highest BCUT2D eigenvalue weighted by Crippen LogP contribution is 2.36. The van der Waals surface area contributed by atoms with Gasteiger partial charge in [-0.25, -0.2) is 0 Å². The molecule has 0 saturated heterocycles. The Morgan fingerprint density at radius 3 is 3.00 bits per heavy atom. The van der Waals surface area contributed by atoms with Crippen molar-refractivity contribution in [3.05, 3.63) is 35.5 Å². The Morgan fingerprint density at radius 1 is 1.45 bits per heavy atom. The van der Waals surface area contributed by atoms with Crippen molar-refractivity contribution < 1.29 is 4.79 Å². The Bertz CT molecular complexity index is 632. The molecule has 0 radical (unpaired) electrons. The summed E-state index contributed by atoms with van der Waals surface area (Å²) in [5.74, 6) is 0.149. The van der Waals surface area contributed by atoms with Crippen LogP contribution in [0.1, 0.15) is 37.1 Å². The number of fused-ring (bicyclic) bond motifs is 3. The van der Waals surface area contributed by atoms with E-state index in [-0.39, 0.29) is 11.9 Å².